The molecule has 2 bridgehead atoms. The average molecular weight is 569 g/mol. The van der Waals surface area contributed by atoms with E-state index in [1.54, 1.807) is 11.1 Å². The minimum atomic E-state index is -0.646. The van der Waals surface area contributed by atoms with Gasteiger partial charge in [0.15, 0.2) is 11.0 Å². The van der Waals surface area contributed by atoms with Crippen molar-refractivity contribution in [1.82, 2.24) is 24.8 Å². The maximum Gasteiger partial charge on any atom is 0.410 e. The van der Waals surface area contributed by atoms with E-state index in [-0.39, 0.29) is 29.4 Å². The summed E-state index contributed by atoms with van der Waals surface area (Å²) in [6.07, 6.45) is 5.76. The zero-order chi connectivity index (χ0) is 27.5. The van der Waals surface area contributed by atoms with E-state index in [1.165, 1.54) is 19.3 Å². The summed E-state index contributed by atoms with van der Waals surface area (Å²) in [7, 11) is 0. The van der Waals surface area contributed by atoms with Gasteiger partial charge < -0.3 is 19.3 Å². The normalized spacial score (nSPS) is 21.1. The molecule has 3 aliphatic rings. The molecule has 3 aromatic rings. The Bertz CT molecular complexity index is 1330. The quantitative estimate of drug-likeness (QED) is 0.284. The molecule has 212 valence electrons. The van der Waals surface area contributed by atoms with Crippen molar-refractivity contribution in [3.63, 3.8) is 0 Å². The topological polar surface area (TPSA) is 83.9 Å². The Morgan fingerprint density at radius 2 is 1.80 bits per heavy atom. The Labute approximate surface area is 238 Å². The Balaban J connectivity index is 1.01. The van der Waals surface area contributed by atoms with E-state index in [2.05, 4.69) is 19.8 Å². The number of benzene rings is 1. The second-order valence-electron chi connectivity index (χ2n) is 11.0. The van der Waals surface area contributed by atoms with Gasteiger partial charge in [-0.1, -0.05) is 41.9 Å². The van der Waals surface area contributed by atoms with Crippen molar-refractivity contribution in [2.45, 2.75) is 32.3 Å². The number of hydrogen-bond donors (Lipinski definition) is 0. The predicted molar refractivity (Wildman–Crippen MR) is 150 cm³/mol. The van der Waals surface area contributed by atoms with E-state index in [0.717, 1.165) is 44.7 Å². The van der Waals surface area contributed by atoms with Gasteiger partial charge in [0.1, 0.15) is 17.9 Å². The Morgan fingerprint density at radius 3 is 2.55 bits per heavy atom. The fraction of sp³-hybridized carbons (Fsp3) is 0.517. The van der Waals surface area contributed by atoms with Gasteiger partial charge in [0.2, 0.25) is 0 Å². The maximum atomic E-state index is 14.9. The van der Waals surface area contributed by atoms with Crippen molar-refractivity contribution in [1.29, 1.82) is 0 Å². The molecule has 0 spiro atoms. The fourth-order valence-electron chi connectivity index (χ4n) is 6.10. The van der Waals surface area contributed by atoms with Crippen LogP contribution in [0.5, 0.6) is 6.01 Å². The van der Waals surface area contributed by atoms with Crippen molar-refractivity contribution in [2.24, 2.45) is 11.8 Å². The molecule has 1 amide bonds. The SMILES string of the molecule is O=C(OCc1ccccc1)N1CCN(CCCOc2nc(N3CC4CCC(C4)C3)c3cnc(Cl)c(F)c3n2)CC1. The number of hydrogen-bond acceptors (Lipinski definition) is 8. The van der Waals surface area contributed by atoms with Crippen molar-refractivity contribution in [2.75, 3.05) is 57.3 Å². The molecular formula is C29H34ClFN6O3. The van der Waals surface area contributed by atoms with Crippen LogP contribution < -0.4 is 9.64 Å². The van der Waals surface area contributed by atoms with Gasteiger partial charge >= 0.3 is 12.1 Å². The monoisotopic (exact) mass is 568 g/mol. The Kier molecular flexibility index (Phi) is 8.15. The van der Waals surface area contributed by atoms with Crippen molar-refractivity contribution < 1.29 is 18.7 Å². The number of fused-ring (bicyclic) bond motifs is 3. The number of carbonyl (C=O) groups is 1. The van der Waals surface area contributed by atoms with Crippen LogP contribution in [0.1, 0.15) is 31.2 Å². The van der Waals surface area contributed by atoms with Crippen LogP contribution in [-0.4, -0.2) is 83.3 Å². The zero-order valence-electron chi connectivity index (χ0n) is 22.5. The first-order valence-electron chi connectivity index (χ1n) is 14.1. The smallest absolute Gasteiger partial charge is 0.410 e. The number of nitrogens with zero attached hydrogens (tertiary/aromatic N) is 6. The minimum Gasteiger partial charge on any atom is -0.463 e. The van der Waals surface area contributed by atoms with Gasteiger partial charge in [-0.3, -0.25) is 4.90 Å². The highest BCUT2D eigenvalue weighted by atomic mass is 35.5. The standard InChI is InChI=1S/C29H34ClFN6O3/c30-26-24(31)25-23(16-32-26)27(37-17-21-7-8-22(15-21)18-37)34-28(33-25)39-14-4-9-35-10-12-36(13-11-35)29(38)40-19-20-5-2-1-3-6-20/h1-3,5-6,16,21-22H,4,7-15,17-19H2. The fourth-order valence-corrected chi connectivity index (χ4v) is 6.24. The first-order valence-corrected chi connectivity index (χ1v) is 14.5. The van der Waals surface area contributed by atoms with Gasteiger partial charge in [0.05, 0.1) is 12.0 Å². The first kappa shape index (κ1) is 27.0. The molecule has 0 radical (unpaired) electrons. The summed E-state index contributed by atoms with van der Waals surface area (Å²) in [6.45, 7) is 6.07. The Hall–Kier alpha value is -3.24. The van der Waals surface area contributed by atoms with Crippen LogP contribution in [0.3, 0.4) is 0 Å². The van der Waals surface area contributed by atoms with Gasteiger partial charge in [-0.2, -0.15) is 9.97 Å². The van der Waals surface area contributed by atoms with Crippen LogP contribution in [-0.2, 0) is 11.3 Å². The zero-order valence-corrected chi connectivity index (χ0v) is 23.2. The number of anilines is 1. The number of pyridine rings is 1. The number of piperazine rings is 1. The number of aromatic nitrogens is 3. The minimum absolute atomic E-state index is 0.146. The molecule has 9 nitrogen and oxygen atoms in total. The molecule has 2 aliphatic heterocycles. The van der Waals surface area contributed by atoms with E-state index >= 15 is 0 Å². The van der Waals surface area contributed by atoms with Crippen molar-refractivity contribution in [3.05, 3.63) is 53.1 Å². The second-order valence-corrected chi connectivity index (χ2v) is 11.3. The summed E-state index contributed by atoms with van der Waals surface area (Å²) in [5, 5.41) is 0.362. The van der Waals surface area contributed by atoms with Crippen molar-refractivity contribution in [3.8, 4) is 6.01 Å². The predicted octanol–water partition coefficient (Wildman–Crippen LogP) is 4.78. The molecular weight excluding hydrogens is 535 g/mol. The number of rotatable bonds is 8. The largest absolute Gasteiger partial charge is 0.463 e. The molecule has 11 heteroatoms. The van der Waals surface area contributed by atoms with Crippen LogP contribution in [0, 0.1) is 17.7 Å². The summed E-state index contributed by atoms with van der Waals surface area (Å²) in [6, 6.07) is 9.84. The van der Waals surface area contributed by atoms with E-state index in [0.29, 0.717) is 42.7 Å². The summed E-state index contributed by atoms with van der Waals surface area (Å²) in [5.74, 6) is 1.32. The van der Waals surface area contributed by atoms with Gasteiger partial charge in [-0.25, -0.2) is 14.2 Å². The highest BCUT2D eigenvalue weighted by Gasteiger charge is 2.34. The van der Waals surface area contributed by atoms with E-state index in [9.17, 15) is 9.18 Å². The van der Waals surface area contributed by atoms with Crippen LogP contribution in [0.4, 0.5) is 15.0 Å². The van der Waals surface area contributed by atoms with E-state index in [1.807, 2.05) is 30.3 Å². The number of halogens is 2. The lowest BCUT2D eigenvalue weighted by Crippen LogP contribution is -2.49. The summed E-state index contributed by atoms with van der Waals surface area (Å²) in [5.41, 5.74) is 1.12. The van der Waals surface area contributed by atoms with E-state index in [4.69, 9.17) is 26.1 Å². The van der Waals surface area contributed by atoms with Crippen LogP contribution in [0.15, 0.2) is 36.5 Å². The molecule has 4 heterocycles. The van der Waals surface area contributed by atoms with E-state index < -0.39 is 5.82 Å². The molecule has 40 heavy (non-hydrogen) atoms. The molecule has 3 fully saturated rings. The Morgan fingerprint density at radius 1 is 1.05 bits per heavy atom. The third kappa shape index (κ3) is 6.07. The number of piperidine rings is 1. The number of ether oxygens (including phenoxy) is 2. The van der Waals surface area contributed by atoms with Crippen molar-refractivity contribution >= 4 is 34.4 Å². The summed E-state index contributed by atoms with van der Waals surface area (Å²) >= 11 is 5.98. The molecule has 1 saturated carbocycles. The molecule has 2 saturated heterocycles. The molecule has 2 atom stereocenters. The molecule has 1 aliphatic carbocycles. The van der Waals surface area contributed by atoms with Gasteiger partial charge in [-0.15, -0.1) is 0 Å². The molecule has 6 rings (SSSR count). The van der Waals surface area contributed by atoms with Crippen LogP contribution in [0.2, 0.25) is 5.15 Å². The lowest BCUT2D eigenvalue weighted by molar-refractivity contribution is 0.0703. The number of amides is 1. The molecule has 1 aromatic carbocycles. The highest BCUT2D eigenvalue weighted by Crippen LogP contribution is 2.40. The third-order valence-corrected chi connectivity index (χ3v) is 8.46. The average Bonchev–Trinajstić information content (AvgIpc) is 3.33. The second kappa shape index (κ2) is 12.1. The third-order valence-electron chi connectivity index (χ3n) is 8.19. The summed E-state index contributed by atoms with van der Waals surface area (Å²) in [4.78, 5) is 31.8. The maximum absolute atomic E-state index is 14.9. The van der Waals surface area contributed by atoms with Gasteiger partial charge in [-0.05, 0) is 43.1 Å². The number of carbonyl (C=O) groups excluding carboxylic acids is 1. The molecule has 2 aromatic heterocycles. The lowest BCUT2D eigenvalue weighted by Gasteiger charge is -2.34. The lowest BCUT2D eigenvalue weighted by atomic mass is 9.99. The molecule has 0 N–H and O–H groups in total. The highest BCUT2D eigenvalue weighted by molar-refractivity contribution is 6.30. The van der Waals surface area contributed by atoms with Gasteiger partial charge in [0.25, 0.3) is 0 Å². The van der Waals surface area contributed by atoms with Crippen LogP contribution in [0.25, 0.3) is 10.9 Å². The van der Waals surface area contributed by atoms with Gasteiger partial charge in [0, 0.05) is 52.0 Å². The molecule has 2 unspecified atom stereocenters. The summed E-state index contributed by atoms with van der Waals surface area (Å²) < 4.78 is 26.3. The van der Waals surface area contributed by atoms with Crippen LogP contribution >= 0.6 is 11.6 Å². The first-order chi connectivity index (χ1) is 19.5.